The lowest BCUT2D eigenvalue weighted by Crippen LogP contribution is -2.20. The zero-order chi connectivity index (χ0) is 9.97. The lowest BCUT2D eigenvalue weighted by atomic mass is 10.2. The number of nitrogens with zero attached hydrogens (tertiary/aromatic N) is 1. The van der Waals surface area contributed by atoms with Crippen molar-refractivity contribution in [1.29, 1.82) is 0 Å². The van der Waals surface area contributed by atoms with Gasteiger partial charge in [-0.2, -0.15) is 0 Å². The fourth-order valence-corrected chi connectivity index (χ4v) is 1.61. The van der Waals surface area contributed by atoms with Crippen LogP contribution in [-0.4, -0.2) is 18.0 Å². The Hall–Kier alpha value is -1.35. The molecule has 1 aliphatic rings. The highest BCUT2D eigenvalue weighted by atomic mass is 19.1. The molecule has 1 aromatic rings. The van der Waals surface area contributed by atoms with E-state index in [0.717, 1.165) is 13.1 Å². The van der Waals surface area contributed by atoms with Crippen LogP contribution in [0.1, 0.15) is 5.56 Å². The second-order valence-corrected chi connectivity index (χ2v) is 3.49. The number of hydrogen-bond donors (Lipinski definition) is 1. The molecule has 0 saturated carbocycles. The Labute approximate surface area is 82.8 Å². The van der Waals surface area contributed by atoms with E-state index in [9.17, 15) is 4.39 Å². The van der Waals surface area contributed by atoms with E-state index in [1.54, 1.807) is 18.2 Å². The molecule has 0 aromatic heterocycles. The molecule has 14 heavy (non-hydrogen) atoms. The standard InChI is InChI=1S/C11H13FN2/c12-11-9(4-3-5-10(11)13)8-14-6-1-2-7-14/h1-5H,6-8,13H2. The Morgan fingerprint density at radius 2 is 2.00 bits per heavy atom. The van der Waals surface area contributed by atoms with E-state index in [1.165, 1.54) is 0 Å². The van der Waals surface area contributed by atoms with Gasteiger partial charge in [0.1, 0.15) is 0 Å². The molecular formula is C11H13FN2. The van der Waals surface area contributed by atoms with E-state index < -0.39 is 0 Å². The van der Waals surface area contributed by atoms with Gasteiger partial charge in [-0.25, -0.2) is 4.39 Å². The SMILES string of the molecule is Nc1cccc(CN2CC=CC2)c1F. The van der Waals surface area contributed by atoms with Crippen molar-refractivity contribution in [3.63, 3.8) is 0 Å². The molecule has 2 rings (SSSR count). The summed E-state index contributed by atoms with van der Waals surface area (Å²) in [6.45, 7) is 2.42. The van der Waals surface area contributed by atoms with Crippen molar-refractivity contribution in [1.82, 2.24) is 4.90 Å². The summed E-state index contributed by atoms with van der Waals surface area (Å²) < 4.78 is 13.5. The fourth-order valence-electron chi connectivity index (χ4n) is 1.61. The van der Waals surface area contributed by atoms with Crippen molar-refractivity contribution in [3.8, 4) is 0 Å². The summed E-state index contributed by atoms with van der Waals surface area (Å²) in [6.07, 6.45) is 4.18. The fraction of sp³-hybridized carbons (Fsp3) is 0.273. The molecule has 74 valence electrons. The number of rotatable bonds is 2. The lowest BCUT2D eigenvalue weighted by molar-refractivity contribution is 0.339. The van der Waals surface area contributed by atoms with E-state index in [4.69, 9.17) is 5.73 Å². The van der Waals surface area contributed by atoms with Crippen LogP contribution in [0, 0.1) is 5.82 Å². The third-order valence-corrected chi connectivity index (χ3v) is 2.40. The predicted molar refractivity (Wildman–Crippen MR) is 55.2 cm³/mol. The lowest BCUT2D eigenvalue weighted by Gasteiger charge is -2.15. The van der Waals surface area contributed by atoms with Gasteiger partial charge in [0.25, 0.3) is 0 Å². The van der Waals surface area contributed by atoms with Gasteiger partial charge in [-0.3, -0.25) is 4.90 Å². The molecule has 0 spiro atoms. The highest BCUT2D eigenvalue weighted by molar-refractivity contribution is 5.42. The summed E-state index contributed by atoms with van der Waals surface area (Å²) in [5, 5.41) is 0. The maximum absolute atomic E-state index is 13.5. The van der Waals surface area contributed by atoms with Crippen LogP contribution in [0.2, 0.25) is 0 Å². The van der Waals surface area contributed by atoms with Gasteiger partial charge in [0.2, 0.25) is 0 Å². The molecule has 2 nitrogen and oxygen atoms in total. The first-order valence-electron chi connectivity index (χ1n) is 4.67. The highest BCUT2D eigenvalue weighted by Gasteiger charge is 2.11. The molecular weight excluding hydrogens is 179 g/mol. The van der Waals surface area contributed by atoms with Gasteiger partial charge in [-0.1, -0.05) is 24.3 Å². The van der Waals surface area contributed by atoms with Crippen molar-refractivity contribution in [2.75, 3.05) is 18.8 Å². The zero-order valence-corrected chi connectivity index (χ0v) is 7.91. The Morgan fingerprint density at radius 3 is 2.71 bits per heavy atom. The van der Waals surface area contributed by atoms with Crippen LogP contribution in [-0.2, 0) is 6.54 Å². The summed E-state index contributed by atoms with van der Waals surface area (Å²) in [5.74, 6) is -0.278. The maximum atomic E-state index is 13.5. The monoisotopic (exact) mass is 192 g/mol. The van der Waals surface area contributed by atoms with E-state index >= 15 is 0 Å². The molecule has 1 aliphatic heterocycles. The maximum Gasteiger partial charge on any atom is 0.150 e. The van der Waals surface area contributed by atoms with Crippen LogP contribution in [0.15, 0.2) is 30.4 Å². The number of nitrogen functional groups attached to an aromatic ring is 1. The molecule has 3 heteroatoms. The molecule has 0 bridgehead atoms. The molecule has 0 amide bonds. The van der Waals surface area contributed by atoms with Crippen molar-refractivity contribution in [3.05, 3.63) is 41.7 Å². The largest absolute Gasteiger partial charge is 0.396 e. The summed E-state index contributed by atoms with van der Waals surface area (Å²) in [7, 11) is 0. The van der Waals surface area contributed by atoms with Crippen LogP contribution in [0.3, 0.4) is 0 Å². The van der Waals surface area contributed by atoms with Crippen molar-refractivity contribution < 1.29 is 4.39 Å². The van der Waals surface area contributed by atoms with Gasteiger partial charge in [-0.05, 0) is 6.07 Å². The quantitative estimate of drug-likeness (QED) is 0.571. The van der Waals surface area contributed by atoms with Crippen molar-refractivity contribution >= 4 is 5.69 Å². The minimum atomic E-state index is -0.278. The van der Waals surface area contributed by atoms with Gasteiger partial charge in [0, 0.05) is 25.2 Å². The Morgan fingerprint density at radius 1 is 1.29 bits per heavy atom. The van der Waals surface area contributed by atoms with Gasteiger partial charge in [0.15, 0.2) is 5.82 Å². The average molecular weight is 192 g/mol. The molecule has 1 heterocycles. The second-order valence-electron chi connectivity index (χ2n) is 3.49. The van der Waals surface area contributed by atoms with Gasteiger partial charge >= 0.3 is 0 Å². The van der Waals surface area contributed by atoms with Gasteiger partial charge < -0.3 is 5.73 Å². The van der Waals surface area contributed by atoms with E-state index in [2.05, 4.69) is 17.1 Å². The molecule has 0 radical (unpaired) electrons. The summed E-state index contributed by atoms with van der Waals surface area (Å²) in [5.41, 5.74) is 6.39. The first-order valence-corrected chi connectivity index (χ1v) is 4.67. The highest BCUT2D eigenvalue weighted by Crippen LogP contribution is 2.17. The summed E-state index contributed by atoms with van der Waals surface area (Å²) >= 11 is 0. The average Bonchev–Trinajstić information content (AvgIpc) is 2.66. The van der Waals surface area contributed by atoms with Gasteiger partial charge in [0.05, 0.1) is 5.69 Å². The Kier molecular flexibility index (Phi) is 2.50. The van der Waals surface area contributed by atoms with Crippen LogP contribution in [0.25, 0.3) is 0 Å². The third-order valence-electron chi connectivity index (χ3n) is 2.40. The molecule has 0 atom stereocenters. The molecule has 0 unspecified atom stereocenters. The summed E-state index contributed by atoms with van der Waals surface area (Å²) in [6, 6.07) is 5.16. The van der Waals surface area contributed by atoms with E-state index in [-0.39, 0.29) is 11.5 Å². The minimum absolute atomic E-state index is 0.231. The minimum Gasteiger partial charge on any atom is -0.396 e. The predicted octanol–water partition coefficient (Wildman–Crippen LogP) is 1.78. The van der Waals surface area contributed by atoms with Crippen LogP contribution in [0.4, 0.5) is 10.1 Å². The topological polar surface area (TPSA) is 29.3 Å². The number of nitrogens with two attached hydrogens (primary N) is 1. The normalized spacial score (nSPS) is 16.4. The molecule has 1 aromatic carbocycles. The number of hydrogen-bond acceptors (Lipinski definition) is 2. The Balaban J connectivity index is 2.12. The number of halogens is 1. The van der Waals surface area contributed by atoms with Crippen LogP contribution < -0.4 is 5.73 Å². The molecule has 0 aliphatic carbocycles. The first kappa shape index (κ1) is 9.21. The summed E-state index contributed by atoms with van der Waals surface area (Å²) in [4.78, 5) is 2.15. The van der Waals surface area contributed by atoms with Crippen LogP contribution in [0.5, 0.6) is 0 Å². The van der Waals surface area contributed by atoms with Crippen molar-refractivity contribution in [2.45, 2.75) is 6.54 Å². The number of benzene rings is 1. The Bertz CT molecular complexity index is 352. The van der Waals surface area contributed by atoms with Crippen molar-refractivity contribution in [2.24, 2.45) is 0 Å². The molecule has 0 saturated heterocycles. The van der Waals surface area contributed by atoms with E-state index in [1.807, 2.05) is 0 Å². The second kappa shape index (κ2) is 3.80. The smallest absolute Gasteiger partial charge is 0.150 e. The molecule has 0 fully saturated rings. The first-order chi connectivity index (χ1) is 6.77. The molecule has 2 N–H and O–H groups in total. The zero-order valence-electron chi connectivity index (χ0n) is 7.91. The van der Waals surface area contributed by atoms with Gasteiger partial charge in [-0.15, -0.1) is 0 Å². The number of anilines is 1. The van der Waals surface area contributed by atoms with E-state index in [0.29, 0.717) is 12.1 Å². The third kappa shape index (κ3) is 1.77. The van der Waals surface area contributed by atoms with Crippen LogP contribution >= 0.6 is 0 Å².